The van der Waals surface area contributed by atoms with Gasteiger partial charge in [0, 0.05) is 18.7 Å². The monoisotopic (exact) mass is 374 g/mol. The second kappa shape index (κ2) is 7.88. The van der Waals surface area contributed by atoms with Crippen molar-refractivity contribution in [2.24, 2.45) is 0 Å². The van der Waals surface area contributed by atoms with Crippen LogP contribution in [0.4, 0.5) is 5.69 Å². The van der Waals surface area contributed by atoms with Crippen LogP contribution in [-0.2, 0) is 14.8 Å². The van der Waals surface area contributed by atoms with Crippen LogP contribution < -0.4 is 10.0 Å². The number of nitrogens with one attached hydrogen (secondary N) is 2. The molecule has 2 aromatic rings. The van der Waals surface area contributed by atoms with E-state index in [1.54, 1.807) is 12.1 Å². The highest BCUT2D eigenvalue weighted by atomic mass is 32.2. The van der Waals surface area contributed by atoms with Gasteiger partial charge in [0.1, 0.15) is 0 Å². The van der Waals surface area contributed by atoms with Crippen LogP contribution in [0.1, 0.15) is 28.8 Å². The van der Waals surface area contributed by atoms with Crippen LogP contribution in [0.5, 0.6) is 0 Å². The molecule has 0 saturated carbocycles. The standard InChI is InChI=1S/C19H22N2O4S/c1-14-5-2-3-7-18(14)21-26(23,24)17-10-8-15(9-11-17)19(22)20-13-16-6-4-12-25-16/h2-3,5,7-11,16,21H,4,6,12-13H2,1H3,(H,20,22)/t16-/m0/s1. The molecule has 3 rings (SSSR count). The number of para-hydroxylation sites is 1. The minimum Gasteiger partial charge on any atom is -0.376 e. The van der Waals surface area contributed by atoms with Gasteiger partial charge in [0.25, 0.3) is 15.9 Å². The van der Waals surface area contributed by atoms with Gasteiger partial charge in [0.2, 0.25) is 0 Å². The van der Waals surface area contributed by atoms with Crippen molar-refractivity contribution in [3.63, 3.8) is 0 Å². The number of amides is 1. The molecule has 2 aromatic carbocycles. The van der Waals surface area contributed by atoms with Crippen LogP contribution in [0.3, 0.4) is 0 Å². The maximum absolute atomic E-state index is 12.5. The predicted molar refractivity (Wildman–Crippen MR) is 99.7 cm³/mol. The molecule has 0 unspecified atom stereocenters. The Labute approximate surface area is 153 Å². The first-order valence-electron chi connectivity index (χ1n) is 8.54. The first-order chi connectivity index (χ1) is 12.5. The summed E-state index contributed by atoms with van der Waals surface area (Å²) in [6, 6.07) is 13.0. The summed E-state index contributed by atoms with van der Waals surface area (Å²) in [5, 5.41) is 2.82. The highest BCUT2D eigenvalue weighted by Gasteiger charge is 2.18. The first kappa shape index (κ1) is 18.4. The lowest BCUT2D eigenvalue weighted by Crippen LogP contribution is -2.31. The summed E-state index contributed by atoms with van der Waals surface area (Å²) < 4.78 is 33.0. The smallest absolute Gasteiger partial charge is 0.261 e. The molecule has 0 aromatic heterocycles. The van der Waals surface area contributed by atoms with Gasteiger partial charge in [0.05, 0.1) is 16.7 Å². The van der Waals surface area contributed by atoms with E-state index >= 15 is 0 Å². The van der Waals surface area contributed by atoms with Gasteiger partial charge in [0.15, 0.2) is 0 Å². The predicted octanol–water partition coefficient (Wildman–Crippen LogP) is 2.70. The number of anilines is 1. The zero-order chi connectivity index (χ0) is 18.6. The van der Waals surface area contributed by atoms with Crippen molar-refractivity contribution < 1.29 is 17.9 Å². The fraction of sp³-hybridized carbons (Fsp3) is 0.316. The Kier molecular flexibility index (Phi) is 5.58. The van der Waals surface area contributed by atoms with Crippen LogP contribution in [-0.4, -0.2) is 33.6 Å². The summed E-state index contributed by atoms with van der Waals surface area (Å²) in [6.45, 7) is 3.04. The average molecular weight is 374 g/mol. The molecular formula is C19H22N2O4S. The van der Waals surface area contributed by atoms with Crippen molar-refractivity contribution >= 4 is 21.6 Å². The van der Waals surface area contributed by atoms with Crippen molar-refractivity contribution in [2.75, 3.05) is 17.9 Å². The van der Waals surface area contributed by atoms with Crippen LogP contribution in [0, 0.1) is 6.92 Å². The van der Waals surface area contributed by atoms with E-state index in [1.807, 2.05) is 19.1 Å². The first-order valence-corrected chi connectivity index (χ1v) is 10.0. The minimum atomic E-state index is -3.71. The third kappa shape index (κ3) is 4.42. The lowest BCUT2D eigenvalue weighted by molar-refractivity contribution is 0.0857. The van der Waals surface area contributed by atoms with E-state index in [0.29, 0.717) is 17.8 Å². The fourth-order valence-corrected chi connectivity index (χ4v) is 3.92. The van der Waals surface area contributed by atoms with Crippen LogP contribution in [0.2, 0.25) is 0 Å². The van der Waals surface area contributed by atoms with Gasteiger partial charge in [-0.2, -0.15) is 0 Å². The third-order valence-corrected chi connectivity index (χ3v) is 5.71. The molecule has 0 radical (unpaired) electrons. The summed E-state index contributed by atoms with van der Waals surface area (Å²) in [5.74, 6) is -0.240. The molecule has 0 spiro atoms. The number of hydrogen-bond acceptors (Lipinski definition) is 4. The van der Waals surface area contributed by atoms with Crippen LogP contribution >= 0.6 is 0 Å². The van der Waals surface area contributed by atoms with E-state index in [4.69, 9.17) is 4.74 Å². The van der Waals surface area contributed by atoms with Crippen molar-refractivity contribution in [3.8, 4) is 0 Å². The normalized spacial score (nSPS) is 17.0. The summed E-state index contributed by atoms with van der Waals surface area (Å²) >= 11 is 0. The fourth-order valence-electron chi connectivity index (χ4n) is 2.79. The second-order valence-corrected chi connectivity index (χ2v) is 7.97. The van der Waals surface area contributed by atoms with Gasteiger partial charge in [-0.05, 0) is 55.7 Å². The largest absolute Gasteiger partial charge is 0.376 e. The zero-order valence-electron chi connectivity index (χ0n) is 14.6. The van der Waals surface area contributed by atoms with Crippen LogP contribution in [0.25, 0.3) is 0 Å². The molecule has 1 saturated heterocycles. The molecule has 1 aliphatic rings. The Morgan fingerprint density at radius 2 is 1.88 bits per heavy atom. The Balaban J connectivity index is 1.66. The number of rotatable bonds is 6. The van der Waals surface area contributed by atoms with Crippen molar-refractivity contribution in [3.05, 3.63) is 59.7 Å². The van der Waals surface area contributed by atoms with E-state index in [2.05, 4.69) is 10.0 Å². The molecule has 1 fully saturated rings. The van der Waals surface area contributed by atoms with Gasteiger partial charge < -0.3 is 10.1 Å². The SMILES string of the molecule is Cc1ccccc1NS(=O)(=O)c1ccc(C(=O)NC[C@@H]2CCCO2)cc1. The van der Waals surface area contributed by atoms with Gasteiger partial charge in [-0.15, -0.1) is 0 Å². The molecule has 1 atom stereocenters. The van der Waals surface area contributed by atoms with E-state index < -0.39 is 10.0 Å². The molecule has 138 valence electrons. The van der Waals surface area contributed by atoms with Gasteiger partial charge in [-0.1, -0.05) is 18.2 Å². The minimum absolute atomic E-state index is 0.0666. The van der Waals surface area contributed by atoms with E-state index in [1.165, 1.54) is 24.3 Å². The zero-order valence-corrected chi connectivity index (χ0v) is 15.4. The van der Waals surface area contributed by atoms with E-state index in [9.17, 15) is 13.2 Å². The third-order valence-electron chi connectivity index (χ3n) is 4.33. The topological polar surface area (TPSA) is 84.5 Å². The molecule has 7 heteroatoms. The number of benzene rings is 2. The molecular weight excluding hydrogens is 352 g/mol. The highest BCUT2D eigenvalue weighted by molar-refractivity contribution is 7.92. The van der Waals surface area contributed by atoms with Crippen molar-refractivity contribution in [1.29, 1.82) is 0 Å². The molecule has 0 aliphatic carbocycles. The molecule has 1 amide bonds. The van der Waals surface area contributed by atoms with E-state index in [0.717, 1.165) is 25.0 Å². The number of sulfonamides is 1. The molecule has 0 bridgehead atoms. The highest BCUT2D eigenvalue weighted by Crippen LogP contribution is 2.19. The summed E-state index contributed by atoms with van der Waals surface area (Å²) in [4.78, 5) is 12.3. The van der Waals surface area contributed by atoms with Crippen molar-refractivity contribution in [1.82, 2.24) is 5.32 Å². The molecule has 2 N–H and O–H groups in total. The number of carbonyl (C=O) groups excluding carboxylic acids is 1. The average Bonchev–Trinajstić information content (AvgIpc) is 3.15. The Morgan fingerprint density at radius 1 is 1.15 bits per heavy atom. The van der Waals surface area contributed by atoms with Gasteiger partial charge in [-0.25, -0.2) is 8.42 Å². The summed E-state index contributed by atoms with van der Waals surface area (Å²) in [5.41, 5.74) is 1.78. The maximum atomic E-state index is 12.5. The number of ether oxygens (including phenoxy) is 1. The van der Waals surface area contributed by atoms with Gasteiger partial charge >= 0.3 is 0 Å². The number of hydrogen-bond donors (Lipinski definition) is 2. The Morgan fingerprint density at radius 3 is 2.54 bits per heavy atom. The quantitative estimate of drug-likeness (QED) is 0.814. The molecule has 1 aliphatic heterocycles. The number of aryl methyl sites for hydroxylation is 1. The Bertz CT molecular complexity index is 873. The lowest BCUT2D eigenvalue weighted by atomic mass is 10.2. The summed E-state index contributed by atoms with van der Waals surface area (Å²) in [6.07, 6.45) is 2.03. The summed E-state index contributed by atoms with van der Waals surface area (Å²) in [7, 11) is -3.71. The number of carbonyl (C=O) groups is 1. The van der Waals surface area contributed by atoms with Gasteiger partial charge in [-0.3, -0.25) is 9.52 Å². The van der Waals surface area contributed by atoms with Crippen LogP contribution in [0.15, 0.2) is 53.4 Å². The van der Waals surface area contributed by atoms with E-state index in [-0.39, 0.29) is 16.9 Å². The molecule has 1 heterocycles. The Hall–Kier alpha value is -2.38. The maximum Gasteiger partial charge on any atom is 0.261 e. The second-order valence-electron chi connectivity index (χ2n) is 6.29. The lowest BCUT2D eigenvalue weighted by Gasteiger charge is -2.12. The molecule has 6 nitrogen and oxygen atoms in total. The molecule has 26 heavy (non-hydrogen) atoms. The van der Waals surface area contributed by atoms with Crippen molar-refractivity contribution in [2.45, 2.75) is 30.8 Å².